The Morgan fingerprint density at radius 1 is 1.00 bits per heavy atom. The van der Waals surface area contributed by atoms with Crippen molar-refractivity contribution in [3.8, 4) is 11.5 Å². The van der Waals surface area contributed by atoms with Crippen molar-refractivity contribution < 1.29 is 14.3 Å². The lowest BCUT2D eigenvalue weighted by atomic mass is 9.92. The van der Waals surface area contributed by atoms with Gasteiger partial charge in [-0.3, -0.25) is 4.79 Å². The van der Waals surface area contributed by atoms with E-state index in [1.165, 1.54) is 58.3 Å². The van der Waals surface area contributed by atoms with Crippen molar-refractivity contribution >= 4 is 5.97 Å². The van der Waals surface area contributed by atoms with E-state index in [1.807, 2.05) is 32.9 Å². The van der Waals surface area contributed by atoms with Crippen LogP contribution in [0.5, 0.6) is 11.5 Å². The van der Waals surface area contributed by atoms with Gasteiger partial charge in [-0.1, -0.05) is 99.8 Å². The molecule has 0 saturated carbocycles. The van der Waals surface area contributed by atoms with E-state index in [2.05, 4.69) is 41.5 Å². The summed E-state index contributed by atoms with van der Waals surface area (Å²) in [6.07, 6.45) is 13.7. The van der Waals surface area contributed by atoms with Crippen molar-refractivity contribution in [1.82, 2.24) is 0 Å². The Balaban J connectivity index is 0.000000597. The molecule has 3 atom stereocenters. The van der Waals surface area contributed by atoms with Crippen LogP contribution in [0.3, 0.4) is 0 Å². The molecule has 0 amide bonds. The van der Waals surface area contributed by atoms with Crippen LogP contribution in [-0.2, 0) is 11.2 Å². The first kappa shape index (κ1) is 32.5. The molecule has 198 valence electrons. The van der Waals surface area contributed by atoms with Gasteiger partial charge in [0.1, 0.15) is 11.5 Å². The molecular formula is C31H56O3. The second-order valence-electron chi connectivity index (χ2n) is 10.5. The van der Waals surface area contributed by atoms with E-state index >= 15 is 0 Å². The smallest absolute Gasteiger partial charge is 0.308 e. The minimum absolute atomic E-state index is 0.269. The largest absolute Gasteiger partial charge is 0.490 e. The summed E-state index contributed by atoms with van der Waals surface area (Å²) in [5.41, 5.74) is 2.16. The molecule has 0 radical (unpaired) electrons. The van der Waals surface area contributed by atoms with Gasteiger partial charge < -0.3 is 9.47 Å². The standard InChI is InChI=1S/C16H34.C13H16O3.C2H6/c1-6-9-15(4)12-8-13-16(5)11-7-10-14(2)3;1-8-6-12(16-10(3)14)7-11-5-4-9(2)15-13(8)11;1-2/h14-16H,6-13H2,1-5H3;6-7,9H,4-5H2,1-3H3;1-2H3. The second kappa shape index (κ2) is 18.8. The molecule has 3 nitrogen and oxygen atoms in total. The molecular weight excluding hydrogens is 420 g/mol. The van der Waals surface area contributed by atoms with E-state index in [1.54, 1.807) is 0 Å². The molecule has 0 fully saturated rings. The number of benzene rings is 1. The number of esters is 1. The molecule has 0 saturated heterocycles. The van der Waals surface area contributed by atoms with Gasteiger partial charge in [0.2, 0.25) is 0 Å². The molecule has 1 heterocycles. The molecule has 0 aromatic heterocycles. The van der Waals surface area contributed by atoms with Gasteiger partial charge in [0.25, 0.3) is 0 Å². The number of aryl methyl sites for hydroxylation is 2. The first-order chi connectivity index (χ1) is 16.1. The van der Waals surface area contributed by atoms with Crippen LogP contribution in [0.4, 0.5) is 0 Å². The van der Waals surface area contributed by atoms with Gasteiger partial charge in [-0.25, -0.2) is 0 Å². The highest BCUT2D eigenvalue weighted by molar-refractivity contribution is 5.69. The summed E-state index contributed by atoms with van der Waals surface area (Å²) in [7, 11) is 0. The highest BCUT2D eigenvalue weighted by atomic mass is 16.5. The molecule has 1 aliphatic heterocycles. The van der Waals surface area contributed by atoms with E-state index in [0.717, 1.165) is 47.5 Å². The molecule has 0 N–H and O–H groups in total. The fourth-order valence-electron chi connectivity index (χ4n) is 4.48. The monoisotopic (exact) mass is 476 g/mol. The Labute approximate surface area is 212 Å². The lowest BCUT2D eigenvalue weighted by Gasteiger charge is -2.25. The maximum Gasteiger partial charge on any atom is 0.308 e. The normalized spacial score (nSPS) is 16.1. The maximum absolute atomic E-state index is 10.9. The van der Waals surface area contributed by atoms with Crippen molar-refractivity contribution in [2.75, 3.05) is 0 Å². The summed E-state index contributed by atoms with van der Waals surface area (Å²) in [6.45, 7) is 21.3. The minimum Gasteiger partial charge on any atom is -0.490 e. The Kier molecular flexibility index (Phi) is 17.9. The van der Waals surface area contributed by atoms with Gasteiger partial charge in [0.15, 0.2) is 0 Å². The van der Waals surface area contributed by atoms with Gasteiger partial charge in [-0.15, -0.1) is 0 Å². The van der Waals surface area contributed by atoms with Crippen LogP contribution in [0.15, 0.2) is 12.1 Å². The quantitative estimate of drug-likeness (QED) is 0.235. The zero-order valence-electron chi connectivity index (χ0n) is 24.3. The summed E-state index contributed by atoms with van der Waals surface area (Å²) >= 11 is 0. The number of hydrogen-bond donors (Lipinski definition) is 0. The topological polar surface area (TPSA) is 35.5 Å². The van der Waals surface area contributed by atoms with Crippen molar-refractivity contribution in [2.24, 2.45) is 17.8 Å². The minimum atomic E-state index is -0.288. The Bertz CT molecular complexity index is 665. The van der Waals surface area contributed by atoms with Gasteiger partial charge in [-0.05, 0) is 67.7 Å². The number of rotatable bonds is 11. The van der Waals surface area contributed by atoms with E-state index < -0.39 is 0 Å². The highest BCUT2D eigenvalue weighted by Crippen LogP contribution is 2.34. The highest BCUT2D eigenvalue weighted by Gasteiger charge is 2.19. The number of fused-ring (bicyclic) bond motifs is 1. The Morgan fingerprint density at radius 2 is 1.56 bits per heavy atom. The Hall–Kier alpha value is -1.51. The fourth-order valence-corrected chi connectivity index (χ4v) is 4.48. The van der Waals surface area contributed by atoms with Gasteiger partial charge >= 0.3 is 5.97 Å². The third-order valence-corrected chi connectivity index (χ3v) is 6.38. The van der Waals surface area contributed by atoms with Crippen molar-refractivity contribution in [3.63, 3.8) is 0 Å². The molecule has 1 aliphatic rings. The fraction of sp³-hybridized carbons (Fsp3) is 0.774. The van der Waals surface area contributed by atoms with E-state index in [4.69, 9.17) is 9.47 Å². The third kappa shape index (κ3) is 14.7. The zero-order chi connectivity index (χ0) is 26.1. The van der Waals surface area contributed by atoms with Crippen LogP contribution in [0, 0.1) is 24.7 Å². The zero-order valence-corrected chi connectivity index (χ0v) is 24.3. The van der Waals surface area contributed by atoms with Crippen LogP contribution in [0.2, 0.25) is 0 Å². The number of carbonyl (C=O) groups excluding carboxylic acids is 1. The SMILES string of the molecule is CC.CC(=O)Oc1cc(C)c2c(c1)CCC(C)O2.CCCC(C)CCCC(C)CCCC(C)C. The maximum atomic E-state index is 10.9. The Morgan fingerprint density at radius 3 is 2.09 bits per heavy atom. The number of ether oxygens (including phenoxy) is 2. The second-order valence-corrected chi connectivity index (χ2v) is 10.5. The van der Waals surface area contributed by atoms with Crippen molar-refractivity contribution in [2.45, 2.75) is 140 Å². The average molecular weight is 477 g/mol. The summed E-state index contributed by atoms with van der Waals surface area (Å²) in [4.78, 5) is 10.9. The van der Waals surface area contributed by atoms with Gasteiger partial charge in [0.05, 0.1) is 6.10 Å². The summed E-state index contributed by atoms with van der Waals surface area (Å²) < 4.78 is 10.9. The van der Waals surface area contributed by atoms with Crippen LogP contribution < -0.4 is 9.47 Å². The molecule has 3 unspecified atom stereocenters. The average Bonchev–Trinajstić information content (AvgIpc) is 2.76. The molecule has 0 aliphatic carbocycles. The molecule has 34 heavy (non-hydrogen) atoms. The molecule has 3 heteroatoms. The van der Waals surface area contributed by atoms with Crippen LogP contribution in [0.1, 0.15) is 131 Å². The number of hydrogen-bond acceptors (Lipinski definition) is 3. The van der Waals surface area contributed by atoms with Crippen molar-refractivity contribution in [3.05, 3.63) is 23.3 Å². The van der Waals surface area contributed by atoms with Crippen LogP contribution in [0.25, 0.3) is 0 Å². The molecule has 0 spiro atoms. The molecule has 2 rings (SSSR count). The molecule has 1 aromatic rings. The van der Waals surface area contributed by atoms with E-state index in [0.29, 0.717) is 5.75 Å². The molecule has 1 aromatic carbocycles. The van der Waals surface area contributed by atoms with Crippen LogP contribution in [-0.4, -0.2) is 12.1 Å². The first-order valence-corrected chi connectivity index (χ1v) is 14.1. The van der Waals surface area contributed by atoms with Crippen LogP contribution >= 0.6 is 0 Å². The summed E-state index contributed by atoms with van der Waals surface area (Å²) in [5.74, 6) is 4.07. The van der Waals surface area contributed by atoms with Crippen molar-refractivity contribution in [1.29, 1.82) is 0 Å². The van der Waals surface area contributed by atoms with Gasteiger partial charge in [0, 0.05) is 6.92 Å². The predicted molar refractivity (Wildman–Crippen MR) is 148 cm³/mol. The third-order valence-electron chi connectivity index (χ3n) is 6.38. The lowest BCUT2D eigenvalue weighted by molar-refractivity contribution is -0.131. The number of carbonyl (C=O) groups is 1. The summed E-state index contributed by atoms with van der Waals surface area (Å²) in [5, 5.41) is 0. The van der Waals surface area contributed by atoms with Gasteiger partial charge in [-0.2, -0.15) is 0 Å². The summed E-state index contributed by atoms with van der Waals surface area (Å²) in [6, 6.07) is 3.74. The lowest BCUT2D eigenvalue weighted by Crippen LogP contribution is -2.19. The van der Waals surface area contributed by atoms with E-state index in [-0.39, 0.29) is 12.1 Å². The first-order valence-electron chi connectivity index (χ1n) is 14.1. The predicted octanol–water partition coefficient (Wildman–Crippen LogP) is 9.72. The van der Waals surface area contributed by atoms with E-state index in [9.17, 15) is 4.79 Å². The molecule has 0 bridgehead atoms.